The molecule has 2 rings (SSSR count). The van der Waals surface area contributed by atoms with Crippen molar-refractivity contribution in [1.82, 2.24) is 19.7 Å². The second kappa shape index (κ2) is 6.11. The number of aryl methyl sites for hydroxylation is 4. The van der Waals surface area contributed by atoms with Crippen molar-refractivity contribution < 1.29 is 4.74 Å². The highest BCUT2D eigenvalue weighted by atomic mass is 16.5. The van der Waals surface area contributed by atoms with Gasteiger partial charge in [-0.15, -0.1) is 0 Å². The van der Waals surface area contributed by atoms with Gasteiger partial charge in [0.25, 0.3) is 0 Å². The Hall–Kier alpha value is -2.11. The molecule has 2 aromatic rings. The molecule has 0 unspecified atom stereocenters. The van der Waals surface area contributed by atoms with Gasteiger partial charge in [-0.3, -0.25) is 0 Å². The number of rotatable bonds is 5. The first-order chi connectivity index (χ1) is 9.97. The van der Waals surface area contributed by atoms with Crippen LogP contribution >= 0.6 is 0 Å². The van der Waals surface area contributed by atoms with Gasteiger partial charge in [0.15, 0.2) is 0 Å². The summed E-state index contributed by atoms with van der Waals surface area (Å²) in [6, 6.07) is 0. The molecule has 0 bridgehead atoms. The predicted octanol–water partition coefficient (Wildman–Crippen LogP) is 2.32. The number of ether oxygens (including phenoxy) is 1. The zero-order valence-corrected chi connectivity index (χ0v) is 13.6. The van der Waals surface area contributed by atoms with Gasteiger partial charge in [0, 0.05) is 24.8 Å². The van der Waals surface area contributed by atoms with Crippen molar-refractivity contribution >= 4 is 5.82 Å². The van der Waals surface area contributed by atoms with Crippen LogP contribution in [0.5, 0.6) is 5.88 Å². The molecule has 0 saturated carbocycles. The topological polar surface area (TPSA) is 64.9 Å². The number of nitrogens with one attached hydrogen (secondary N) is 1. The minimum Gasteiger partial charge on any atom is -0.481 e. The molecule has 2 heterocycles. The number of anilines is 1. The number of aromatic nitrogens is 4. The first kappa shape index (κ1) is 15.3. The highest BCUT2D eigenvalue weighted by molar-refractivity contribution is 5.47. The van der Waals surface area contributed by atoms with Gasteiger partial charge in [0.2, 0.25) is 5.88 Å². The van der Waals surface area contributed by atoms with E-state index in [0.717, 1.165) is 46.5 Å². The van der Waals surface area contributed by atoms with Crippen molar-refractivity contribution in [3.63, 3.8) is 0 Å². The molecule has 0 spiro atoms. The summed E-state index contributed by atoms with van der Waals surface area (Å²) in [5.41, 5.74) is 4.19. The molecule has 114 valence electrons. The normalized spacial score (nSPS) is 10.8. The van der Waals surface area contributed by atoms with Crippen LogP contribution in [0.1, 0.15) is 35.3 Å². The average Bonchev–Trinajstić information content (AvgIpc) is 2.76. The highest BCUT2D eigenvalue weighted by Gasteiger charge is 2.16. The standard InChI is InChI=1S/C15H23N5O/c1-7-13-12(15(21-6)20(5)19-13)8-16-14-9(2)10(3)17-11(4)18-14/h7-8H2,1-6H3,(H,16,17,18). The Labute approximate surface area is 125 Å². The largest absolute Gasteiger partial charge is 0.481 e. The van der Waals surface area contributed by atoms with Crippen molar-refractivity contribution in [3.8, 4) is 5.88 Å². The van der Waals surface area contributed by atoms with E-state index in [-0.39, 0.29) is 0 Å². The fourth-order valence-electron chi connectivity index (χ4n) is 2.44. The molecule has 0 amide bonds. The van der Waals surface area contributed by atoms with Crippen LogP contribution < -0.4 is 10.1 Å². The Balaban J connectivity index is 2.28. The first-order valence-corrected chi connectivity index (χ1v) is 7.12. The van der Waals surface area contributed by atoms with Crippen LogP contribution in [0.15, 0.2) is 0 Å². The predicted molar refractivity (Wildman–Crippen MR) is 82.7 cm³/mol. The molecule has 0 aromatic carbocycles. The van der Waals surface area contributed by atoms with Gasteiger partial charge in [-0.25, -0.2) is 14.6 Å². The van der Waals surface area contributed by atoms with Gasteiger partial charge in [-0.1, -0.05) is 6.92 Å². The fraction of sp³-hybridized carbons (Fsp3) is 0.533. The summed E-state index contributed by atoms with van der Waals surface area (Å²) in [6.45, 7) is 8.65. The van der Waals surface area contributed by atoms with E-state index in [1.54, 1.807) is 11.8 Å². The zero-order valence-electron chi connectivity index (χ0n) is 13.6. The van der Waals surface area contributed by atoms with E-state index in [2.05, 4.69) is 27.3 Å². The quantitative estimate of drug-likeness (QED) is 0.915. The molecule has 0 aliphatic heterocycles. The third kappa shape index (κ3) is 2.99. The fourth-order valence-corrected chi connectivity index (χ4v) is 2.44. The summed E-state index contributed by atoms with van der Waals surface area (Å²) in [5, 5.41) is 7.88. The maximum absolute atomic E-state index is 5.45. The van der Waals surface area contributed by atoms with Gasteiger partial charge < -0.3 is 10.1 Å². The summed E-state index contributed by atoms with van der Waals surface area (Å²) in [6.07, 6.45) is 0.870. The Morgan fingerprint density at radius 1 is 1.19 bits per heavy atom. The number of methoxy groups -OCH3 is 1. The molecular weight excluding hydrogens is 266 g/mol. The van der Waals surface area contributed by atoms with E-state index in [4.69, 9.17) is 4.74 Å². The van der Waals surface area contributed by atoms with Crippen LogP contribution in [-0.4, -0.2) is 26.9 Å². The lowest BCUT2D eigenvalue weighted by molar-refractivity contribution is 0.369. The molecule has 0 saturated heterocycles. The third-order valence-electron chi connectivity index (χ3n) is 3.63. The van der Waals surface area contributed by atoms with Crippen LogP contribution in [-0.2, 0) is 20.0 Å². The molecule has 6 heteroatoms. The van der Waals surface area contributed by atoms with E-state index in [1.807, 2.05) is 27.8 Å². The lowest BCUT2D eigenvalue weighted by Gasteiger charge is -2.12. The second-order valence-electron chi connectivity index (χ2n) is 5.10. The van der Waals surface area contributed by atoms with E-state index < -0.39 is 0 Å². The maximum Gasteiger partial charge on any atom is 0.216 e. The van der Waals surface area contributed by atoms with Crippen LogP contribution in [0.2, 0.25) is 0 Å². The lowest BCUT2D eigenvalue weighted by Crippen LogP contribution is -2.08. The van der Waals surface area contributed by atoms with E-state index in [1.165, 1.54) is 0 Å². The lowest BCUT2D eigenvalue weighted by atomic mass is 10.2. The minimum atomic E-state index is 0.636. The van der Waals surface area contributed by atoms with Gasteiger partial charge in [-0.2, -0.15) is 5.10 Å². The summed E-state index contributed by atoms with van der Waals surface area (Å²) < 4.78 is 7.23. The molecule has 1 N–H and O–H groups in total. The Morgan fingerprint density at radius 2 is 1.90 bits per heavy atom. The highest BCUT2D eigenvalue weighted by Crippen LogP contribution is 2.24. The third-order valence-corrected chi connectivity index (χ3v) is 3.63. The zero-order chi connectivity index (χ0) is 15.6. The summed E-state index contributed by atoms with van der Waals surface area (Å²) in [7, 11) is 3.57. The van der Waals surface area contributed by atoms with Crippen LogP contribution in [0.25, 0.3) is 0 Å². The Bertz CT molecular complexity index is 648. The molecule has 0 atom stereocenters. The molecule has 6 nitrogen and oxygen atoms in total. The number of hydrogen-bond acceptors (Lipinski definition) is 5. The van der Waals surface area contributed by atoms with Crippen LogP contribution in [0, 0.1) is 20.8 Å². The van der Waals surface area contributed by atoms with Gasteiger partial charge in [0.05, 0.1) is 18.4 Å². The molecule has 0 fully saturated rings. The van der Waals surface area contributed by atoms with Crippen LogP contribution in [0.4, 0.5) is 5.82 Å². The van der Waals surface area contributed by atoms with Crippen molar-refractivity contribution in [2.24, 2.45) is 7.05 Å². The second-order valence-corrected chi connectivity index (χ2v) is 5.10. The summed E-state index contributed by atoms with van der Waals surface area (Å²) in [5.74, 6) is 2.43. The van der Waals surface area contributed by atoms with Crippen molar-refractivity contribution in [2.45, 2.75) is 40.7 Å². The summed E-state index contributed by atoms with van der Waals surface area (Å²) in [4.78, 5) is 8.84. The van der Waals surface area contributed by atoms with E-state index in [0.29, 0.717) is 6.54 Å². The Morgan fingerprint density at radius 3 is 2.52 bits per heavy atom. The minimum absolute atomic E-state index is 0.636. The Kier molecular flexibility index (Phi) is 4.45. The molecular formula is C15H23N5O. The van der Waals surface area contributed by atoms with Gasteiger partial charge in [-0.05, 0) is 27.2 Å². The average molecular weight is 289 g/mol. The molecule has 21 heavy (non-hydrogen) atoms. The smallest absolute Gasteiger partial charge is 0.216 e. The maximum atomic E-state index is 5.45. The van der Waals surface area contributed by atoms with Crippen molar-refractivity contribution in [3.05, 3.63) is 28.3 Å². The molecule has 0 aliphatic rings. The summed E-state index contributed by atoms with van der Waals surface area (Å²) >= 11 is 0. The van der Waals surface area contributed by atoms with Crippen molar-refractivity contribution in [2.75, 3.05) is 12.4 Å². The van der Waals surface area contributed by atoms with Crippen LogP contribution in [0.3, 0.4) is 0 Å². The molecule has 0 aliphatic carbocycles. The van der Waals surface area contributed by atoms with Crippen molar-refractivity contribution in [1.29, 1.82) is 0 Å². The van der Waals surface area contributed by atoms with Gasteiger partial charge >= 0.3 is 0 Å². The van der Waals surface area contributed by atoms with E-state index in [9.17, 15) is 0 Å². The van der Waals surface area contributed by atoms with E-state index >= 15 is 0 Å². The number of nitrogens with zero attached hydrogens (tertiary/aromatic N) is 4. The SMILES string of the molecule is CCc1nn(C)c(OC)c1CNc1nc(C)nc(C)c1C. The van der Waals surface area contributed by atoms with Gasteiger partial charge in [0.1, 0.15) is 11.6 Å². The first-order valence-electron chi connectivity index (χ1n) is 7.12. The molecule has 0 radical (unpaired) electrons. The number of hydrogen-bond donors (Lipinski definition) is 1. The molecule has 2 aromatic heterocycles. The monoisotopic (exact) mass is 289 g/mol.